The van der Waals surface area contributed by atoms with Crippen LogP contribution in [0, 0.1) is 12.7 Å². The van der Waals surface area contributed by atoms with Crippen molar-refractivity contribution in [1.29, 1.82) is 0 Å². The maximum absolute atomic E-state index is 13.4. The molecular weight excluding hydrogens is 215 g/mol. The Labute approximate surface area is 91.5 Å². The van der Waals surface area contributed by atoms with Gasteiger partial charge in [-0.2, -0.15) is 0 Å². The fraction of sp³-hybridized carbons (Fsp3) is 0.200. The lowest BCUT2D eigenvalue weighted by Crippen LogP contribution is -2.14. The number of hydrogen-bond acceptors (Lipinski definition) is 4. The molecule has 0 bridgehead atoms. The topological polar surface area (TPSA) is 70.9 Å². The first-order valence-corrected chi connectivity index (χ1v) is 4.41. The van der Waals surface area contributed by atoms with Gasteiger partial charge in [-0.1, -0.05) is 5.16 Å². The average Bonchev–Trinajstić information content (AvgIpc) is 2.17. The van der Waals surface area contributed by atoms with Crippen molar-refractivity contribution in [3.05, 3.63) is 23.5 Å². The normalized spacial score (nSPS) is 10.4. The third kappa shape index (κ3) is 2.69. The summed E-state index contributed by atoms with van der Waals surface area (Å²) >= 11 is 0. The molecule has 0 aromatic heterocycles. The molecule has 16 heavy (non-hydrogen) atoms. The number of rotatable bonds is 3. The lowest BCUT2D eigenvalue weighted by atomic mass is 10.2. The molecule has 0 fully saturated rings. The fourth-order valence-corrected chi connectivity index (χ4v) is 1.25. The molecule has 0 saturated carbocycles. The highest BCUT2D eigenvalue weighted by Gasteiger charge is 2.12. The number of hydrogen-bond donors (Lipinski definition) is 2. The summed E-state index contributed by atoms with van der Waals surface area (Å²) in [7, 11) is 1.30. The number of ether oxygens (including phenoxy) is 1. The summed E-state index contributed by atoms with van der Waals surface area (Å²) in [5, 5.41) is 13.0. The molecule has 0 spiro atoms. The zero-order chi connectivity index (χ0) is 12.1. The maximum Gasteiger partial charge on any atom is 0.270 e. The van der Waals surface area contributed by atoms with E-state index in [0.717, 1.165) is 0 Å². The minimum atomic E-state index is -0.675. The van der Waals surface area contributed by atoms with Crippen LogP contribution in [0.2, 0.25) is 0 Å². The van der Waals surface area contributed by atoms with Gasteiger partial charge in [0.25, 0.3) is 5.91 Å². The van der Waals surface area contributed by atoms with E-state index >= 15 is 0 Å². The molecule has 1 rings (SSSR count). The first-order valence-electron chi connectivity index (χ1n) is 4.41. The second-order valence-corrected chi connectivity index (χ2v) is 3.06. The van der Waals surface area contributed by atoms with E-state index in [4.69, 9.17) is 9.94 Å². The number of carbonyl (C=O) groups excluding carboxylic acids is 1. The zero-order valence-electron chi connectivity index (χ0n) is 8.82. The van der Waals surface area contributed by atoms with Crippen molar-refractivity contribution in [2.24, 2.45) is 5.16 Å². The highest BCUT2D eigenvalue weighted by atomic mass is 19.1. The molecule has 0 aliphatic carbocycles. The Bertz CT molecular complexity index is 432. The Hall–Kier alpha value is -2.11. The smallest absolute Gasteiger partial charge is 0.270 e. The van der Waals surface area contributed by atoms with Gasteiger partial charge in [0.15, 0.2) is 11.6 Å². The number of aryl methyl sites for hydroxylation is 1. The average molecular weight is 226 g/mol. The summed E-state index contributed by atoms with van der Waals surface area (Å²) in [4.78, 5) is 11.1. The van der Waals surface area contributed by atoms with Crippen molar-refractivity contribution in [1.82, 2.24) is 0 Å². The van der Waals surface area contributed by atoms with Crippen molar-refractivity contribution in [3.63, 3.8) is 0 Å². The monoisotopic (exact) mass is 226 g/mol. The molecule has 86 valence electrons. The Kier molecular flexibility index (Phi) is 3.82. The van der Waals surface area contributed by atoms with Gasteiger partial charge in [0.05, 0.1) is 12.8 Å². The van der Waals surface area contributed by atoms with Gasteiger partial charge >= 0.3 is 0 Å². The van der Waals surface area contributed by atoms with Gasteiger partial charge in [0.1, 0.15) is 6.21 Å². The maximum atomic E-state index is 13.4. The summed E-state index contributed by atoms with van der Waals surface area (Å²) in [5.74, 6) is -1.31. The fourth-order valence-electron chi connectivity index (χ4n) is 1.25. The van der Waals surface area contributed by atoms with Crippen molar-refractivity contribution < 1.29 is 19.1 Å². The van der Waals surface area contributed by atoms with Gasteiger partial charge in [0, 0.05) is 0 Å². The number of methoxy groups -OCH3 is 1. The van der Waals surface area contributed by atoms with Gasteiger partial charge in [-0.3, -0.25) is 4.79 Å². The van der Waals surface area contributed by atoms with Crippen molar-refractivity contribution in [3.8, 4) is 5.75 Å². The molecule has 0 radical (unpaired) electrons. The van der Waals surface area contributed by atoms with E-state index < -0.39 is 11.7 Å². The number of nitrogens with one attached hydrogen (secondary N) is 1. The number of anilines is 1. The molecule has 1 amide bonds. The number of oxime groups is 1. The lowest BCUT2D eigenvalue weighted by molar-refractivity contribution is -0.110. The summed E-state index contributed by atoms with van der Waals surface area (Å²) in [6.07, 6.45) is 0.666. The first kappa shape index (κ1) is 12.0. The molecule has 1 aromatic carbocycles. The second-order valence-electron chi connectivity index (χ2n) is 3.06. The van der Waals surface area contributed by atoms with Crippen LogP contribution in [-0.2, 0) is 4.79 Å². The van der Waals surface area contributed by atoms with Gasteiger partial charge in [-0.05, 0) is 24.6 Å². The highest BCUT2D eigenvalue weighted by Crippen LogP contribution is 2.28. The third-order valence-electron chi connectivity index (χ3n) is 1.82. The van der Waals surface area contributed by atoms with Crippen LogP contribution in [0.15, 0.2) is 17.3 Å². The Morgan fingerprint density at radius 2 is 2.31 bits per heavy atom. The van der Waals surface area contributed by atoms with Crippen molar-refractivity contribution in [2.45, 2.75) is 6.92 Å². The van der Waals surface area contributed by atoms with Crippen molar-refractivity contribution in [2.75, 3.05) is 12.4 Å². The van der Waals surface area contributed by atoms with Gasteiger partial charge in [0.2, 0.25) is 0 Å². The Balaban J connectivity index is 3.07. The van der Waals surface area contributed by atoms with Crippen LogP contribution < -0.4 is 10.1 Å². The SMILES string of the molecule is COc1c(F)cc(C)cc1NC(=O)C=NO. The number of nitrogens with zero attached hydrogens (tertiary/aromatic N) is 1. The van der Waals surface area contributed by atoms with Crippen LogP contribution in [0.4, 0.5) is 10.1 Å². The van der Waals surface area contributed by atoms with E-state index in [9.17, 15) is 9.18 Å². The van der Waals surface area contributed by atoms with Crippen LogP contribution in [0.3, 0.4) is 0 Å². The minimum absolute atomic E-state index is 0.0645. The summed E-state index contributed by atoms with van der Waals surface area (Å²) in [6.45, 7) is 1.68. The van der Waals surface area contributed by atoms with E-state index in [1.54, 1.807) is 13.0 Å². The standard InChI is InChI=1S/C10H11FN2O3/c1-6-3-7(11)10(16-2)8(4-6)13-9(14)5-12-15/h3-5,15H,1-2H3,(H,13,14). The number of halogens is 1. The molecule has 1 aromatic rings. The molecule has 0 atom stereocenters. The predicted molar refractivity (Wildman–Crippen MR) is 56.6 cm³/mol. The first-order chi connectivity index (χ1) is 7.58. The van der Waals surface area contributed by atoms with Crippen LogP contribution in [0.25, 0.3) is 0 Å². The van der Waals surface area contributed by atoms with Crippen LogP contribution in [0.1, 0.15) is 5.56 Å². The van der Waals surface area contributed by atoms with Gasteiger partial charge in [-0.25, -0.2) is 4.39 Å². The van der Waals surface area contributed by atoms with E-state index in [2.05, 4.69) is 10.5 Å². The molecule has 0 aliphatic rings. The summed E-state index contributed by atoms with van der Waals surface area (Å²) < 4.78 is 18.2. The second kappa shape index (κ2) is 5.11. The molecular formula is C10H11FN2O3. The van der Waals surface area contributed by atoms with Crippen LogP contribution in [0.5, 0.6) is 5.75 Å². The number of carbonyl (C=O) groups is 1. The van der Waals surface area contributed by atoms with Gasteiger partial charge < -0.3 is 15.3 Å². The van der Waals surface area contributed by atoms with Crippen LogP contribution >= 0.6 is 0 Å². The highest BCUT2D eigenvalue weighted by molar-refractivity contribution is 6.31. The van der Waals surface area contributed by atoms with E-state index in [-0.39, 0.29) is 11.4 Å². The third-order valence-corrected chi connectivity index (χ3v) is 1.82. The molecule has 0 heterocycles. The zero-order valence-corrected chi connectivity index (χ0v) is 8.82. The molecule has 6 heteroatoms. The number of benzene rings is 1. The lowest BCUT2D eigenvalue weighted by Gasteiger charge is -2.10. The molecule has 0 unspecified atom stereocenters. The quantitative estimate of drug-likeness (QED) is 0.466. The molecule has 5 nitrogen and oxygen atoms in total. The van der Waals surface area contributed by atoms with E-state index in [0.29, 0.717) is 11.8 Å². The van der Waals surface area contributed by atoms with Crippen LogP contribution in [-0.4, -0.2) is 24.4 Å². The minimum Gasteiger partial charge on any atom is -0.492 e. The molecule has 0 aliphatic heterocycles. The summed E-state index contributed by atoms with van der Waals surface area (Å²) in [6, 6.07) is 2.83. The molecule has 2 N–H and O–H groups in total. The molecule has 0 saturated heterocycles. The van der Waals surface area contributed by atoms with E-state index in [1.807, 2.05) is 0 Å². The Morgan fingerprint density at radius 1 is 1.62 bits per heavy atom. The van der Waals surface area contributed by atoms with Crippen molar-refractivity contribution >= 4 is 17.8 Å². The number of amides is 1. The summed E-state index contributed by atoms with van der Waals surface area (Å²) in [5.41, 5.74) is 0.819. The van der Waals surface area contributed by atoms with E-state index in [1.165, 1.54) is 13.2 Å². The Morgan fingerprint density at radius 3 is 2.88 bits per heavy atom. The predicted octanol–water partition coefficient (Wildman–Crippen LogP) is 1.54. The largest absolute Gasteiger partial charge is 0.492 e. The van der Waals surface area contributed by atoms with Gasteiger partial charge in [-0.15, -0.1) is 0 Å².